The fraction of sp³-hybridized carbons (Fsp3) is 0.263. The minimum Gasteiger partial charge on any atom is -0.422 e. The van der Waals surface area contributed by atoms with Crippen molar-refractivity contribution in [3.8, 4) is 0 Å². The number of amides is 1. The van der Waals surface area contributed by atoms with Gasteiger partial charge in [-0.15, -0.1) is 11.3 Å². The van der Waals surface area contributed by atoms with Crippen molar-refractivity contribution in [2.75, 3.05) is 13.1 Å². The lowest BCUT2D eigenvalue weighted by Crippen LogP contribution is -2.39. The number of likely N-dealkylation sites (tertiary alicyclic amines) is 1. The number of carbonyl (C=O) groups excluding carboxylic acids is 1. The summed E-state index contributed by atoms with van der Waals surface area (Å²) in [6, 6.07) is 13.1. The molecule has 0 radical (unpaired) electrons. The molecule has 4 rings (SSSR count). The topological polar surface area (TPSA) is 50.5 Å². The largest absolute Gasteiger partial charge is 0.422 e. The highest BCUT2D eigenvalue weighted by Crippen LogP contribution is 2.31. The van der Waals surface area contributed by atoms with Gasteiger partial charge in [-0.25, -0.2) is 4.79 Å². The van der Waals surface area contributed by atoms with Crippen LogP contribution in [-0.2, 0) is 0 Å². The molecule has 4 nitrogen and oxygen atoms in total. The average molecular weight is 339 g/mol. The third kappa shape index (κ3) is 2.76. The number of rotatable bonds is 2. The van der Waals surface area contributed by atoms with Gasteiger partial charge in [0.2, 0.25) is 0 Å². The fourth-order valence-corrected chi connectivity index (χ4v) is 4.17. The van der Waals surface area contributed by atoms with Crippen LogP contribution in [-0.4, -0.2) is 23.9 Å². The molecule has 1 aliphatic heterocycles. The SMILES string of the molecule is O=C(c1cc2ccccc2oc1=O)N1CCC(c2cccs2)CC1. The van der Waals surface area contributed by atoms with E-state index >= 15 is 0 Å². The molecule has 3 aromatic rings. The molecule has 1 saturated heterocycles. The van der Waals surface area contributed by atoms with Gasteiger partial charge in [-0.05, 0) is 42.3 Å². The Hall–Kier alpha value is -2.40. The summed E-state index contributed by atoms with van der Waals surface area (Å²) in [5.74, 6) is 0.293. The van der Waals surface area contributed by atoms with Gasteiger partial charge in [0.05, 0.1) is 0 Å². The summed E-state index contributed by atoms with van der Waals surface area (Å²) in [6.45, 7) is 1.35. The maximum absolute atomic E-state index is 12.7. The Kier molecular flexibility index (Phi) is 3.94. The molecule has 0 atom stereocenters. The number of hydrogen-bond acceptors (Lipinski definition) is 4. The van der Waals surface area contributed by atoms with E-state index < -0.39 is 5.63 Å². The number of para-hydroxylation sites is 1. The summed E-state index contributed by atoms with van der Waals surface area (Å²) in [7, 11) is 0. The lowest BCUT2D eigenvalue weighted by atomic mass is 9.95. The quantitative estimate of drug-likeness (QED) is 0.666. The molecule has 1 fully saturated rings. The monoisotopic (exact) mass is 339 g/mol. The van der Waals surface area contributed by atoms with Gasteiger partial charge < -0.3 is 9.32 Å². The maximum atomic E-state index is 12.7. The molecule has 122 valence electrons. The zero-order chi connectivity index (χ0) is 16.5. The first-order chi connectivity index (χ1) is 11.7. The second-order valence-electron chi connectivity index (χ2n) is 6.07. The zero-order valence-corrected chi connectivity index (χ0v) is 13.9. The van der Waals surface area contributed by atoms with Crippen LogP contribution in [0.4, 0.5) is 0 Å². The first-order valence-corrected chi connectivity index (χ1v) is 8.96. The minimum atomic E-state index is -0.556. The molecule has 5 heteroatoms. The first-order valence-electron chi connectivity index (χ1n) is 8.08. The Morgan fingerprint density at radius 3 is 2.67 bits per heavy atom. The van der Waals surface area contributed by atoms with E-state index in [0.717, 1.165) is 18.2 Å². The van der Waals surface area contributed by atoms with E-state index in [2.05, 4.69) is 17.5 Å². The van der Waals surface area contributed by atoms with E-state index in [1.54, 1.807) is 28.4 Å². The van der Waals surface area contributed by atoms with Gasteiger partial charge in [0.1, 0.15) is 11.1 Å². The summed E-state index contributed by atoms with van der Waals surface area (Å²) in [6.07, 6.45) is 1.87. The standard InChI is InChI=1S/C19H17NO3S/c21-18(15-12-14-4-1-2-5-16(14)23-19(15)22)20-9-7-13(8-10-20)17-6-3-11-24-17/h1-6,11-13H,7-10H2. The molecule has 0 N–H and O–H groups in total. The number of hydrogen-bond donors (Lipinski definition) is 0. The molecular weight excluding hydrogens is 322 g/mol. The van der Waals surface area contributed by atoms with E-state index in [0.29, 0.717) is 24.6 Å². The Bertz CT molecular complexity index is 921. The molecule has 1 amide bonds. The molecule has 3 heterocycles. The van der Waals surface area contributed by atoms with Gasteiger partial charge in [-0.3, -0.25) is 4.79 Å². The number of thiophene rings is 1. The van der Waals surface area contributed by atoms with Crippen molar-refractivity contribution in [1.82, 2.24) is 4.90 Å². The summed E-state index contributed by atoms with van der Waals surface area (Å²) in [4.78, 5) is 28.0. The lowest BCUT2D eigenvalue weighted by molar-refractivity contribution is 0.0709. The third-order valence-electron chi connectivity index (χ3n) is 4.60. The molecule has 1 aliphatic rings. The van der Waals surface area contributed by atoms with Crippen LogP contribution in [0.1, 0.15) is 34.0 Å². The van der Waals surface area contributed by atoms with Gasteiger partial charge in [0.25, 0.3) is 5.91 Å². The molecule has 2 aromatic heterocycles. The summed E-state index contributed by atoms with van der Waals surface area (Å²) in [5.41, 5.74) is 0.0813. The molecule has 1 aromatic carbocycles. The van der Waals surface area contributed by atoms with Crippen LogP contribution in [0.15, 0.2) is 57.1 Å². The van der Waals surface area contributed by atoms with Crippen molar-refractivity contribution in [2.45, 2.75) is 18.8 Å². The molecule has 0 spiro atoms. The zero-order valence-electron chi connectivity index (χ0n) is 13.1. The van der Waals surface area contributed by atoms with Crippen LogP contribution in [0.25, 0.3) is 11.0 Å². The highest BCUT2D eigenvalue weighted by Gasteiger charge is 2.27. The summed E-state index contributed by atoms with van der Waals surface area (Å²) in [5, 5.41) is 2.86. The van der Waals surface area contributed by atoms with Crippen molar-refractivity contribution in [3.05, 3.63) is 68.7 Å². The Labute approximate surface area is 143 Å². The van der Waals surface area contributed by atoms with Gasteiger partial charge in [0, 0.05) is 23.4 Å². The number of carbonyl (C=O) groups is 1. The van der Waals surface area contributed by atoms with Crippen LogP contribution < -0.4 is 5.63 Å². The van der Waals surface area contributed by atoms with Crippen molar-refractivity contribution < 1.29 is 9.21 Å². The van der Waals surface area contributed by atoms with E-state index in [1.165, 1.54) is 4.88 Å². The van der Waals surface area contributed by atoms with Gasteiger partial charge in [-0.1, -0.05) is 24.3 Å². The normalized spacial score (nSPS) is 15.8. The van der Waals surface area contributed by atoms with Crippen LogP contribution in [0.2, 0.25) is 0 Å². The van der Waals surface area contributed by atoms with Crippen LogP contribution >= 0.6 is 11.3 Å². The first kappa shape index (κ1) is 15.1. The van der Waals surface area contributed by atoms with Gasteiger partial charge in [0.15, 0.2) is 0 Å². The predicted molar refractivity (Wildman–Crippen MR) is 94.7 cm³/mol. The Morgan fingerprint density at radius 2 is 1.92 bits per heavy atom. The summed E-state index contributed by atoms with van der Waals surface area (Å²) >= 11 is 1.77. The molecule has 24 heavy (non-hydrogen) atoms. The summed E-state index contributed by atoms with van der Waals surface area (Å²) < 4.78 is 5.28. The second-order valence-corrected chi connectivity index (χ2v) is 7.05. The van der Waals surface area contributed by atoms with Crippen molar-refractivity contribution in [3.63, 3.8) is 0 Å². The number of benzene rings is 1. The highest BCUT2D eigenvalue weighted by molar-refractivity contribution is 7.10. The van der Waals surface area contributed by atoms with E-state index in [9.17, 15) is 9.59 Å². The van der Waals surface area contributed by atoms with E-state index in [-0.39, 0.29) is 11.5 Å². The fourth-order valence-electron chi connectivity index (χ4n) is 3.27. The molecular formula is C19H17NO3S. The minimum absolute atomic E-state index is 0.128. The van der Waals surface area contributed by atoms with Crippen LogP contribution in [0.3, 0.4) is 0 Å². The van der Waals surface area contributed by atoms with E-state index in [1.807, 2.05) is 18.2 Å². The van der Waals surface area contributed by atoms with Gasteiger partial charge in [-0.2, -0.15) is 0 Å². The molecule has 0 aliphatic carbocycles. The number of piperidine rings is 1. The predicted octanol–water partition coefficient (Wildman–Crippen LogP) is 3.87. The van der Waals surface area contributed by atoms with Crippen molar-refractivity contribution in [2.24, 2.45) is 0 Å². The number of nitrogens with zero attached hydrogens (tertiary/aromatic N) is 1. The highest BCUT2D eigenvalue weighted by atomic mass is 32.1. The number of fused-ring (bicyclic) bond motifs is 1. The maximum Gasteiger partial charge on any atom is 0.349 e. The van der Waals surface area contributed by atoms with Crippen molar-refractivity contribution in [1.29, 1.82) is 0 Å². The van der Waals surface area contributed by atoms with Gasteiger partial charge >= 0.3 is 5.63 Å². The van der Waals surface area contributed by atoms with Crippen molar-refractivity contribution >= 4 is 28.2 Å². The molecule has 0 saturated carbocycles. The second kappa shape index (κ2) is 6.24. The smallest absolute Gasteiger partial charge is 0.349 e. The Balaban J connectivity index is 1.54. The average Bonchev–Trinajstić information content (AvgIpc) is 3.15. The van der Waals surface area contributed by atoms with Crippen LogP contribution in [0.5, 0.6) is 0 Å². The molecule has 0 bridgehead atoms. The van der Waals surface area contributed by atoms with E-state index in [4.69, 9.17) is 4.42 Å². The molecule has 0 unspecified atom stereocenters. The van der Waals surface area contributed by atoms with Crippen LogP contribution in [0, 0.1) is 0 Å². The lowest BCUT2D eigenvalue weighted by Gasteiger charge is -2.31. The third-order valence-corrected chi connectivity index (χ3v) is 5.63. The Morgan fingerprint density at radius 1 is 1.12 bits per heavy atom.